The molecule has 0 saturated carbocycles. The molecule has 0 fully saturated rings. The van der Waals surface area contributed by atoms with Crippen LogP contribution in [0.5, 0.6) is 0 Å². The first-order valence-corrected chi connectivity index (χ1v) is 13.9. The highest BCUT2D eigenvalue weighted by atomic mass is 32.1. The fourth-order valence-electron chi connectivity index (χ4n) is 5.32. The van der Waals surface area contributed by atoms with Crippen molar-refractivity contribution in [2.24, 2.45) is 0 Å². The first kappa shape index (κ1) is 22.8. The predicted molar refractivity (Wildman–Crippen MR) is 164 cm³/mol. The van der Waals surface area contributed by atoms with E-state index in [1.165, 1.54) is 15.5 Å². The van der Waals surface area contributed by atoms with Crippen LogP contribution in [-0.2, 0) is 0 Å². The van der Waals surface area contributed by atoms with Crippen molar-refractivity contribution in [2.45, 2.75) is 0 Å². The molecule has 0 spiro atoms. The smallest absolute Gasteiger partial charge is 0.164 e. The molecule has 5 aromatic carbocycles. The third kappa shape index (κ3) is 3.77. The Labute approximate surface area is 234 Å². The van der Waals surface area contributed by atoms with Crippen LogP contribution in [0.4, 0.5) is 0 Å². The maximum absolute atomic E-state index is 4.94. The summed E-state index contributed by atoms with van der Waals surface area (Å²) >= 11 is 1.67. The summed E-state index contributed by atoms with van der Waals surface area (Å²) in [4.78, 5) is 19.3. The van der Waals surface area contributed by atoms with Gasteiger partial charge < -0.3 is 4.57 Å². The third-order valence-electron chi connectivity index (χ3n) is 7.19. The molecule has 188 valence electrons. The standard InChI is InChI=1S/C34H21N5S/c1-3-10-22(11-4-1)32-36-33(23-12-5-2-6-13-23)38-34(37-32)24-14-9-15-25(18-24)39-29-17-8-7-16-26(29)27-19-31-28(20-30(27)39)35-21-40-31/h1-21H. The van der Waals surface area contributed by atoms with E-state index in [-0.39, 0.29) is 0 Å². The monoisotopic (exact) mass is 531 g/mol. The van der Waals surface area contributed by atoms with Gasteiger partial charge in [-0.1, -0.05) is 91.0 Å². The summed E-state index contributed by atoms with van der Waals surface area (Å²) < 4.78 is 3.50. The van der Waals surface area contributed by atoms with Gasteiger partial charge in [0, 0.05) is 33.2 Å². The molecule has 0 radical (unpaired) electrons. The van der Waals surface area contributed by atoms with Crippen molar-refractivity contribution >= 4 is 43.4 Å². The average molecular weight is 532 g/mol. The van der Waals surface area contributed by atoms with Crippen LogP contribution in [0.2, 0.25) is 0 Å². The van der Waals surface area contributed by atoms with Gasteiger partial charge in [-0.2, -0.15) is 0 Å². The van der Waals surface area contributed by atoms with Crippen LogP contribution in [-0.4, -0.2) is 24.5 Å². The van der Waals surface area contributed by atoms with Crippen LogP contribution in [0, 0.1) is 0 Å². The van der Waals surface area contributed by atoms with Gasteiger partial charge in [0.2, 0.25) is 0 Å². The Kier molecular flexibility index (Phi) is 5.24. The SMILES string of the molecule is c1ccc(-c2nc(-c3ccccc3)nc(-c3cccc(-n4c5ccccc5c5cc6scnc6cc54)c3)n2)cc1. The van der Waals surface area contributed by atoms with Crippen LogP contribution in [0.1, 0.15) is 0 Å². The molecule has 0 saturated heterocycles. The van der Waals surface area contributed by atoms with Crippen molar-refractivity contribution in [1.29, 1.82) is 0 Å². The van der Waals surface area contributed by atoms with Crippen molar-refractivity contribution in [3.8, 4) is 39.9 Å². The van der Waals surface area contributed by atoms with Crippen LogP contribution in [0.15, 0.2) is 127 Å². The number of fused-ring (bicyclic) bond motifs is 4. The zero-order chi connectivity index (χ0) is 26.5. The summed E-state index contributed by atoms with van der Waals surface area (Å²) in [5.41, 5.74) is 9.07. The molecular weight excluding hydrogens is 510 g/mol. The highest BCUT2D eigenvalue weighted by molar-refractivity contribution is 7.16. The van der Waals surface area contributed by atoms with E-state index in [2.05, 4.69) is 70.2 Å². The number of nitrogens with zero attached hydrogens (tertiary/aromatic N) is 5. The van der Waals surface area contributed by atoms with Crippen LogP contribution >= 0.6 is 11.3 Å². The van der Waals surface area contributed by atoms with E-state index in [1.807, 2.05) is 66.2 Å². The molecule has 6 heteroatoms. The lowest BCUT2D eigenvalue weighted by atomic mass is 10.1. The van der Waals surface area contributed by atoms with E-state index < -0.39 is 0 Å². The lowest BCUT2D eigenvalue weighted by Gasteiger charge is -2.11. The molecule has 0 N–H and O–H groups in total. The number of benzene rings is 5. The quantitative estimate of drug-likeness (QED) is 0.228. The van der Waals surface area contributed by atoms with E-state index >= 15 is 0 Å². The van der Waals surface area contributed by atoms with Gasteiger partial charge in [0.25, 0.3) is 0 Å². The largest absolute Gasteiger partial charge is 0.309 e. The highest BCUT2D eigenvalue weighted by Gasteiger charge is 2.16. The molecule has 5 nitrogen and oxygen atoms in total. The van der Waals surface area contributed by atoms with E-state index in [0.29, 0.717) is 17.5 Å². The van der Waals surface area contributed by atoms with E-state index in [1.54, 1.807) is 11.3 Å². The molecule has 0 bridgehead atoms. The number of thiazole rings is 1. The maximum Gasteiger partial charge on any atom is 0.164 e. The van der Waals surface area contributed by atoms with Gasteiger partial charge >= 0.3 is 0 Å². The molecule has 0 aliphatic carbocycles. The minimum absolute atomic E-state index is 0.636. The van der Waals surface area contributed by atoms with Gasteiger partial charge in [-0.15, -0.1) is 11.3 Å². The maximum atomic E-state index is 4.94. The second-order valence-electron chi connectivity index (χ2n) is 9.63. The molecule has 3 aromatic heterocycles. The second kappa shape index (κ2) is 9.22. The minimum atomic E-state index is 0.636. The normalized spacial score (nSPS) is 11.5. The van der Waals surface area contributed by atoms with Crippen LogP contribution < -0.4 is 0 Å². The van der Waals surface area contributed by atoms with Crippen molar-refractivity contribution in [1.82, 2.24) is 24.5 Å². The summed E-state index contributed by atoms with van der Waals surface area (Å²) in [6.07, 6.45) is 0. The summed E-state index contributed by atoms with van der Waals surface area (Å²) in [6.45, 7) is 0. The number of aromatic nitrogens is 5. The van der Waals surface area contributed by atoms with Gasteiger partial charge in [-0.05, 0) is 30.3 Å². The molecule has 0 unspecified atom stereocenters. The van der Waals surface area contributed by atoms with Crippen molar-refractivity contribution in [2.75, 3.05) is 0 Å². The lowest BCUT2D eigenvalue weighted by Crippen LogP contribution is -2.01. The van der Waals surface area contributed by atoms with E-state index in [9.17, 15) is 0 Å². The Morgan fingerprint density at radius 2 is 1.12 bits per heavy atom. The Morgan fingerprint density at radius 1 is 0.500 bits per heavy atom. The van der Waals surface area contributed by atoms with Crippen LogP contribution in [0.25, 0.3) is 71.9 Å². The summed E-state index contributed by atoms with van der Waals surface area (Å²) in [5.74, 6) is 1.94. The number of rotatable bonds is 4. The molecule has 0 aliphatic heterocycles. The topological polar surface area (TPSA) is 56.5 Å². The Hall–Kier alpha value is -5.20. The zero-order valence-electron chi connectivity index (χ0n) is 21.3. The summed E-state index contributed by atoms with van der Waals surface area (Å²) in [7, 11) is 0. The van der Waals surface area contributed by atoms with Gasteiger partial charge in [0.05, 0.1) is 26.8 Å². The predicted octanol–water partition coefficient (Wildman–Crippen LogP) is 8.58. The average Bonchev–Trinajstić information content (AvgIpc) is 3.62. The fourth-order valence-corrected chi connectivity index (χ4v) is 6.02. The molecule has 0 atom stereocenters. The Balaban J connectivity index is 1.35. The van der Waals surface area contributed by atoms with Gasteiger partial charge in [-0.25, -0.2) is 19.9 Å². The second-order valence-corrected chi connectivity index (χ2v) is 10.5. The van der Waals surface area contributed by atoms with E-state index in [4.69, 9.17) is 15.0 Å². The van der Waals surface area contributed by atoms with Crippen molar-refractivity contribution in [3.05, 3.63) is 127 Å². The van der Waals surface area contributed by atoms with Crippen molar-refractivity contribution < 1.29 is 0 Å². The molecular formula is C34H21N5S. The molecule has 8 rings (SSSR count). The minimum Gasteiger partial charge on any atom is -0.309 e. The van der Waals surface area contributed by atoms with Gasteiger partial charge in [-0.3, -0.25) is 0 Å². The fraction of sp³-hybridized carbons (Fsp3) is 0. The number of para-hydroxylation sites is 1. The van der Waals surface area contributed by atoms with E-state index in [0.717, 1.165) is 38.9 Å². The summed E-state index contributed by atoms with van der Waals surface area (Å²) in [6, 6.07) is 41.6. The molecule has 0 aliphatic rings. The number of hydrogen-bond donors (Lipinski definition) is 0. The zero-order valence-corrected chi connectivity index (χ0v) is 22.1. The third-order valence-corrected chi connectivity index (χ3v) is 7.98. The summed E-state index contributed by atoms with van der Waals surface area (Å²) in [5, 5.41) is 2.44. The molecule has 3 heterocycles. The Bertz CT molecular complexity index is 2110. The van der Waals surface area contributed by atoms with Crippen molar-refractivity contribution in [3.63, 3.8) is 0 Å². The number of hydrogen-bond acceptors (Lipinski definition) is 5. The van der Waals surface area contributed by atoms with Gasteiger partial charge in [0.15, 0.2) is 17.5 Å². The highest BCUT2D eigenvalue weighted by Crippen LogP contribution is 2.36. The first-order valence-electron chi connectivity index (χ1n) is 13.1. The van der Waals surface area contributed by atoms with Gasteiger partial charge in [0.1, 0.15) is 0 Å². The molecule has 8 aromatic rings. The Morgan fingerprint density at radius 3 is 1.85 bits per heavy atom. The molecule has 0 amide bonds. The first-order chi connectivity index (χ1) is 19.8. The van der Waals surface area contributed by atoms with Crippen LogP contribution in [0.3, 0.4) is 0 Å². The lowest BCUT2D eigenvalue weighted by molar-refractivity contribution is 1.07. The molecule has 40 heavy (non-hydrogen) atoms.